The third-order valence-corrected chi connectivity index (χ3v) is 14.2. The monoisotopic (exact) mass is 1050 g/mol. The first-order valence-corrected chi connectivity index (χ1v) is 32.4. The van der Waals surface area contributed by atoms with Gasteiger partial charge in [0.25, 0.3) is 0 Å². The number of allylic oxidation sites excluding steroid dienone is 12. The van der Waals surface area contributed by atoms with E-state index in [2.05, 4.69) is 93.7 Å². The first-order valence-electron chi connectivity index (χ1n) is 32.4. The van der Waals surface area contributed by atoms with E-state index in [1.165, 1.54) is 186 Å². The van der Waals surface area contributed by atoms with E-state index in [4.69, 9.17) is 14.2 Å². The van der Waals surface area contributed by atoms with E-state index in [1.54, 1.807) is 0 Å². The van der Waals surface area contributed by atoms with Gasteiger partial charge in [-0.1, -0.05) is 312 Å². The molecule has 0 N–H and O–H groups in total. The van der Waals surface area contributed by atoms with E-state index in [9.17, 15) is 14.4 Å². The van der Waals surface area contributed by atoms with Crippen molar-refractivity contribution in [3.63, 3.8) is 0 Å². The number of esters is 3. The third-order valence-electron chi connectivity index (χ3n) is 14.2. The zero-order valence-electron chi connectivity index (χ0n) is 49.8. The second-order valence-electron chi connectivity index (χ2n) is 21.7. The molecule has 0 heterocycles. The standard InChI is InChI=1S/C69H122O6/c1-4-7-10-13-16-19-22-24-26-28-30-32-33-34-35-37-38-40-42-44-47-50-53-56-59-62-68(71)74-65-66(64-73-67(70)61-58-55-52-49-46-21-18-15-12-9-6-3)75-69(72)63-60-57-54-51-48-45-43-41-39-36-31-29-27-25-23-20-17-14-11-8-5-2/h7,10,16,19,24,26,30,32,34-35,38,40,66H,4-6,8-9,11-15,17-18,20-23,25,27-29,31,33,36-37,39,41-65H2,1-3H3/b10-7-,19-16-,26-24-,32-30-,35-34-,40-38-. The Hall–Kier alpha value is -3.15. The highest BCUT2D eigenvalue weighted by Gasteiger charge is 2.19. The van der Waals surface area contributed by atoms with Crippen molar-refractivity contribution in [1.29, 1.82) is 0 Å². The summed E-state index contributed by atoms with van der Waals surface area (Å²) < 4.78 is 16.9. The maximum atomic E-state index is 12.9. The summed E-state index contributed by atoms with van der Waals surface area (Å²) in [5, 5.41) is 0. The summed E-state index contributed by atoms with van der Waals surface area (Å²) in [6.07, 6.45) is 82.0. The van der Waals surface area contributed by atoms with Crippen LogP contribution in [-0.2, 0) is 28.6 Å². The van der Waals surface area contributed by atoms with E-state index in [0.717, 1.165) is 103 Å². The van der Waals surface area contributed by atoms with Crippen LogP contribution in [0.5, 0.6) is 0 Å². The van der Waals surface area contributed by atoms with Gasteiger partial charge in [-0.2, -0.15) is 0 Å². The first kappa shape index (κ1) is 71.8. The van der Waals surface area contributed by atoms with Crippen LogP contribution in [0.15, 0.2) is 72.9 Å². The molecule has 1 atom stereocenters. The van der Waals surface area contributed by atoms with Gasteiger partial charge in [0.05, 0.1) is 0 Å². The molecular weight excluding hydrogens is 925 g/mol. The fraction of sp³-hybridized carbons (Fsp3) is 0.783. The molecule has 0 aromatic heterocycles. The Morgan fingerprint density at radius 1 is 0.280 bits per heavy atom. The summed E-state index contributed by atoms with van der Waals surface area (Å²) in [4.78, 5) is 38.3. The molecule has 0 aliphatic rings. The number of hydrogen-bond acceptors (Lipinski definition) is 6. The molecule has 0 rings (SSSR count). The molecule has 434 valence electrons. The van der Waals surface area contributed by atoms with Crippen molar-refractivity contribution in [3.05, 3.63) is 72.9 Å². The van der Waals surface area contributed by atoms with Gasteiger partial charge in [-0.05, 0) is 70.6 Å². The van der Waals surface area contributed by atoms with Crippen molar-refractivity contribution >= 4 is 17.9 Å². The molecule has 0 aliphatic heterocycles. The van der Waals surface area contributed by atoms with Crippen LogP contribution in [0.3, 0.4) is 0 Å². The maximum absolute atomic E-state index is 12.9. The fourth-order valence-corrected chi connectivity index (χ4v) is 9.39. The van der Waals surface area contributed by atoms with Crippen LogP contribution in [0, 0.1) is 0 Å². The Bertz CT molecular complexity index is 1390. The lowest BCUT2D eigenvalue weighted by atomic mass is 10.0. The molecule has 0 amide bonds. The summed E-state index contributed by atoms with van der Waals surface area (Å²) >= 11 is 0. The SMILES string of the molecule is CC/C=C\C/C=C\C/C=C\C/C=C\C/C=C\C/C=C\CCCCCCCCC(=O)OCC(COC(=O)CCCCCCCCCCCCC)OC(=O)CCCCCCCCCCCCCCCCCCCCCCC. The molecule has 0 spiro atoms. The lowest BCUT2D eigenvalue weighted by Crippen LogP contribution is -2.30. The number of unbranched alkanes of at least 4 members (excludes halogenated alkanes) is 36. The van der Waals surface area contributed by atoms with E-state index >= 15 is 0 Å². The predicted octanol–water partition coefficient (Wildman–Crippen LogP) is 22.1. The molecule has 0 radical (unpaired) electrons. The molecule has 6 heteroatoms. The van der Waals surface area contributed by atoms with Gasteiger partial charge in [-0.25, -0.2) is 0 Å². The largest absolute Gasteiger partial charge is 0.462 e. The highest BCUT2D eigenvalue weighted by molar-refractivity contribution is 5.71. The van der Waals surface area contributed by atoms with Gasteiger partial charge in [-0.3, -0.25) is 14.4 Å². The summed E-state index contributed by atoms with van der Waals surface area (Å²) in [5.41, 5.74) is 0. The summed E-state index contributed by atoms with van der Waals surface area (Å²) in [6.45, 7) is 6.55. The molecular formula is C69H122O6. The molecule has 0 fully saturated rings. The van der Waals surface area contributed by atoms with Gasteiger partial charge < -0.3 is 14.2 Å². The zero-order chi connectivity index (χ0) is 54.3. The second-order valence-corrected chi connectivity index (χ2v) is 21.7. The van der Waals surface area contributed by atoms with Gasteiger partial charge >= 0.3 is 17.9 Å². The number of carbonyl (C=O) groups excluding carboxylic acids is 3. The van der Waals surface area contributed by atoms with E-state index < -0.39 is 6.10 Å². The quantitative estimate of drug-likeness (QED) is 0.0261. The summed E-state index contributed by atoms with van der Waals surface area (Å²) in [7, 11) is 0. The Morgan fingerprint density at radius 3 is 0.813 bits per heavy atom. The van der Waals surface area contributed by atoms with E-state index in [-0.39, 0.29) is 31.1 Å². The van der Waals surface area contributed by atoms with Crippen LogP contribution >= 0.6 is 0 Å². The molecule has 1 unspecified atom stereocenters. The molecule has 0 saturated carbocycles. The van der Waals surface area contributed by atoms with Crippen molar-refractivity contribution in [2.24, 2.45) is 0 Å². The minimum absolute atomic E-state index is 0.0756. The molecule has 0 aromatic carbocycles. The Balaban J connectivity index is 4.29. The van der Waals surface area contributed by atoms with Crippen LogP contribution in [0.4, 0.5) is 0 Å². The smallest absolute Gasteiger partial charge is 0.306 e. The molecule has 0 saturated heterocycles. The van der Waals surface area contributed by atoms with Gasteiger partial charge in [0.2, 0.25) is 0 Å². The van der Waals surface area contributed by atoms with Crippen LogP contribution in [0.1, 0.15) is 329 Å². The minimum atomic E-state index is -0.779. The van der Waals surface area contributed by atoms with Crippen LogP contribution in [0.25, 0.3) is 0 Å². The number of rotatable bonds is 59. The Kier molecular flexibility index (Phi) is 60.7. The van der Waals surface area contributed by atoms with Crippen LogP contribution in [0.2, 0.25) is 0 Å². The number of ether oxygens (including phenoxy) is 3. The highest BCUT2D eigenvalue weighted by Crippen LogP contribution is 2.17. The van der Waals surface area contributed by atoms with Gasteiger partial charge in [0.15, 0.2) is 6.10 Å². The zero-order valence-corrected chi connectivity index (χ0v) is 49.8. The van der Waals surface area contributed by atoms with E-state index in [0.29, 0.717) is 19.3 Å². The van der Waals surface area contributed by atoms with Gasteiger partial charge in [0, 0.05) is 19.3 Å². The minimum Gasteiger partial charge on any atom is -0.462 e. The van der Waals surface area contributed by atoms with Gasteiger partial charge in [0.1, 0.15) is 13.2 Å². The maximum Gasteiger partial charge on any atom is 0.306 e. The molecule has 0 bridgehead atoms. The normalized spacial score (nSPS) is 12.5. The topological polar surface area (TPSA) is 78.9 Å². The summed E-state index contributed by atoms with van der Waals surface area (Å²) in [6, 6.07) is 0. The number of carbonyl (C=O) groups is 3. The van der Waals surface area contributed by atoms with Gasteiger partial charge in [-0.15, -0.1) is 0 Å². The van der Waals surface area contributed by atoms with Crippen molar-refractivity contribution in [2.45, 2.75) is 335 Å². The molecule has 0 aromatic rings. The van der Waals surface area contributed by atoms with E-state index in [1.807, 2.05) is 0 Å². The lowest BCUT2D eigenvalue weighted by molar-refractivity contribution is -0.167. The lowest BCUT2D eigenvalue weighted by Gasteiger charge is -2.18. The second kappa shape index (κ2) is 63.4. The molecule has 75 heavy (non-hydrogen) atoms. The predicted molar refractivity (Wildman–Crippen MR) is 325 cm³/mol. The average Bonchev–Trinajstić information content (AvgIpc) is 3.41. The number of hydrogen-bond donors (Lipinski definition) is 0. The third kappa shape index (κ3) is 61.6. The molecule has 6 nitrogen and oxygen atoms in total. The Morgan fingerprint density at radius 2 is 0.520 bits per heavy atom. The van der Waals surface area contributed by atoms with Crippen LogP contribution in [-0.4, -0.2) is 37.2 Å². The highest BCUT2D eigenvalue weighted by atomic mass is 16.6. The Labute approximate surface area is 465 Å². The van der Waals surface area contributed by atoms with Crippen LogP contribution < -0.4 is 0 Å². The summed E-state index contributed by atoms with van der Waals surface area (Å²) in [5.74, 6) is -0.874. The van der Waals surface area contributed by atoms with Crippen molar-refractivity contribution in [3.8, 4) is 0 Å². The molecule has 0 aliphatic carbocycles. The van der Waals surface area contributed by atoms with Crippen molar-refractivity contribution in [1.82, 2.24) is 0 Å². The fourth-order valence-electron chi connectivity index (χ4n) is 9.39. The van der Waals surface area contributed by atoms with Crippen molar-refractivity contribution in [2.75, 3.05) is 13.2 Å². The first-order chi connectivity index (χ1) is 37.0. The van der Waals surface area contributed by atoms with Crippen molar-refractivity contribution < 1.29 is 28.6 Å². The average molecular weight is 1050 g/mol.